The van der Waals surface area contributed by atoms with Gasteiger partial charge < -0.3 is 10.6 Å². The van der Waals surface area contributed by atoms with Crippen LogP contribution in [0.4, 0.5) is 10.5 Å². The van der Waals surface area contributed by atoms with Crippen LogP contribution in [0.1, 0.15) is 30.9 Å². The number of hydrogen-bond acceptors (Lipinski definition) is 1. The number of nitrogens with one attached hydrogen (secondary N) is 2. The van der Waals surface area contributed by atoms with Gasteiger partial charge in [-0.25, -0.2) is 4.79 Å². The zero-order valence-corrected chi connectivity index (χ0v) is 13.4. The molecule has 0 heterocycles. The molecular formula is C18H19ClN2O. The van der Waals surface area contributed by atoms with Crippen LogP contribution in [0.25, 0.3) is 6.08 Å². The molecule has 0 radical (unpaired) electrons. The molecule has 22 heavy (non-hydrogen) atoms. The van der Waals surface area contributed by atoms with E-state index in [-0.39, 0.29) is 6.03 Å². The number of halogens is 1. The van der Waals surface area contributed by atoms with Crippen molar-refractivity contribution in [3.05, 3.63) is 70.9 Å². The van der Waals surface area contributed by atoms with Crippen LogP contribution in [0.2, 0.25) is 5.02 Å². The number of urea groups is 1. The minimum Gasteiger partial charge on any atom is -0.314 e. The average Bonchev–Trinajstić information content (AvgIpc) is 2.47. The van der Waals surface area contributed by atoms with Crippen LogP contribution in [-0.2, 0) is 0 Å². The predicted molar refractivity (Wildman–Crippen MR) is 93.2 cm³/mol. The van der Waals surface area contributed by atoms with Crippen molar-refractivity contribution in [1.29, 1.82) is 0 Å². The molecule has 2 N–H and O–H groups in total. The van der Waals surface area contributed by atoms with Crippen molar-refractivity contribution in [3.8, 4) is 0 Å². The maximum absolute atomic E-state index is 11.9. The maximum Gasteiger partial charge on any atom is 0.323 e. The van der Waals surface area contributed by atoms with Gasteiger partial charge in [0.2, 0.25) is 0 Å². The van der Waals surface area contributed by atoms with Gasteiger partial charge in [-0.15, -0.1) is 0 Å². The number of benzene rings is 2. The van der Waals surface area contributed by atoms with E-state index in [1.54, 1.807) is 12.3 Å². The van der Waals surface area contributed by atoms with Crippen molar-refractivity contribution in [1.82, 2.24) is 5.32 Å². The van der Waals surface area contributed by atoms with E-state index in [0.717, 1.165) is 16.8 Å². The lowest BCUT2D eigenvalue weighted by Crippen LogP contribution is -2.24. The number of amides is 2. The first-order valence-corrected chi connectivity index (χ1v) is 7.52. The molecule has 0 unspecified atom stereocenters. The first-order valence-electron chi connectivity index (χ1n) is 7.15. The molecule has 0 spiro atoms. The van der Waals surface area contributed by atoms with E-state index in [0.29, 0.717) is 10.9 Å². The number of carbonyl (C=O) groups excluding carboxylic acids is 1. The van der Waals surface area contributed by atoms with Crippen molar-refractivity contribution in [2.75, 3.05) is 5.32 Å². The van der Waals surface area contributed by atoms with Crippen LogP contribution < -0.4 is 10.6 Å². The van der Waals surface area contributed by atoms with Gasteiger partial charge in [0.05, 0.1) is 0 Å². The second-order valence-corrected chi connectivity index (χ2v) is 5.67. The summed E-state index contributed by atoms with van der Waals surface area (Å²) in [6.45, 7) is 4.19. The fraction of sp³-hybridized carbons (Fsp3) is 0.167. The Morgan fingerprint density at radius 3 is 2.64 bits per heavy atom. The molecule has 114 valence electrons. The molecule has 0 fully saturated rings. The van der Waals surface area contributed by atoms with Crippen LogP contribution >= 0.6 is 11.6 Å². The predicted octanol–water partition coefficient (Wildman–Crippen LogP) is 5.26. The summed E-state index contributed by atoms with van der Waals surface area (Å²) in [6, 6.07) is 14.9. The molecule has 4 heteroatoms. The minimum atomic E-state index is -0.272. The van der Waals surface area contributed by atoms with Crippen LogP contribution in [0.15, 0.2) is 54.7 Å². The molecular weight excluding hydrogens is 296 g/mol. The largest absolute Gasteiger partial charge is 0.323 e. The summed E-state index contributed by atoms with van der Waals surface area (Å²) in [5, 5.41) is 6.22. The Morgan fingerprint density at radius 1 is 1.14 bits per heavy atom. The van der Waals surface area contributed by atoms with Crippen molar-refractivity contribution in [2.24, 2.45) is 0 Å². The molecule has 0 aromatic heterocycles. The quantitative estimate of drug-likeness (QED) is 0.794. The van der Waals surface area contributed by atoms with Gasteiger partial charge in [-0.05, 0) is 41.3 Å². The summed E-state index contributed by atoms with van der Waals surface area (Å²) in [6.07, 6.45) is 3.39. The van der Waals surface area contributed by atoms with E-state index in [2.05, 4.69) is 24.5 Å². The molecule has 2 aromatic rings. The Bertz CT molecular complexity index is 680. The molecule has 2 aromatic carbocycles. The second-order valence-electron chi connectivity index (χ2n) is 5.23. The highest BCUT2D eigenvalue weighted by molar-refractivity contribution is 6.30. The van der Waals surface area contributed by atoms with Crippen molar-refractivity contribution >= 4 is 29.4 Å². The minimum absolute atomic E-state index is 0.272. The highest BCUT2D eigenvalue weighted by Crippen LogP contribution is 2.23. The molecule has 2 amide bonds. The standard InChI is InChI=1S/C18H19ClN2O/c1-13(2)16-8-3-4-9-17(16)21-18(22)20-11-10-14-6-5-7-15(19)12-14/h3-13H,1-2H3,(H2,20,21,22)/b11-10+. The van der Waals surface area contributed by atoms with Crippen molar-refractivity contribution < 1.29 is 4.79 Å². The number of para-hydroxylation sites is 1. The van der Waals surface area contributed by atoms with Gasteiger partial charge in [0.1, 0.15) is 0 Å². The van der Waals surface area contributed by atoms with Gasteiger partial charge in [0.15, 0.2) is 0 Å². The molecule has 3 nitrogen and oxygen atoms in total. The highest BCUT2D eigenvalue weighted by Gasteiger charge is 2.07. The van der Waals surface area contributed by atoms with Crippen LogP contribution in [0.5, 0.6) is 0 Å². The third-order valence-corrected chi connectivity index (χ3v) is 3.40. The number of carbonyl (C=O) groups is 1. The summed E-state index contributed by atoms with van der Waals surface area (Å²) in [5.41, 5.74) is 2.86. The normalized spacial score (nSPS) is 10.9. The lowest BCUT2D eigenvalue weighted by atomic mass is 10.0. The summed E-state index contributed by atoms with van der Waals surface area (Å²) in [4.78, 5) is 11.9. The summed E-state index contributed by atoms with van der Waals surface area (Å²) in [7, 11) is 0. The van der Waals surface area contributed by atoms with Gasteiger partial charge in [-0.3, -0.25) is 0 Å². The van der Waals surface area contributed by atoms with E-state index >= 15 is 0 Å². The van der Waals surface area contributed by atoms with E-state index < -0.39 is 0 Å². The van der Waals surface area contributed by atoms with Gasteiger partial charge >= 0.3 is 6.03 Å². The van der Waals surface area contributed by atoms with Gasteiger partial charge in [-0.2, -0.15) is 0 Å². The zero-order valence-electron chi connectivity index (χ0n) is 12.6. The van der Waals surface area contributed by atoms with E-state index in [1.807, 2.05) is 48.5 Å². The fourth-order valence-corrected chi connectivity index (χ4v) is 2.30. The Kier molecular flexibility index (Phi) is 5.61. The summed E-state index contributed by atoms with van der Waals surface area (Å²) < 4.78 is 0. The van der Waals surface area contributed by atoms with Gasteiger partial charge in [-0.1, -0.05) is 55.8 Å². The first kappa shape index (κ1) is 16.1. The Hall–Kier alpha value is -2.26. The van der Waals surface area contributed by atoms with Crippen molar-refractivity contribution in [3.63, 3.8) is 0 Å². The monoisotopic (exact) mass is 314 g/mol. The number of rotatable bonds is 4. The van der Waals surface area contributed by atoms with E-state index in [1.165, 1.54) is 0 Å². The Labute approximate surface area is 136 Å². The average molecular weight is 315 g/mol. The molecule has 0 bridgehead atoms. The summed E-state index contributed by atoms with van der Waals surface area (Å²) >= 11 is 5.91. The SMILES string of the molecule is CC(C)c1ccccc1NC(=O)N/C=C/c1cccc(Cl)c1. The Morgan fingerprint density at radius 2 is 1.91 bits per heavy atom. The molecule has 0 saturated carbocycles. The molecule has 0 saturated heterocycles. The topological polar surface area (TPSA) is 41.1 Å². The van der Waals surface area contributed by atoms with Crippen LogP contribution in [0.3, 0.4) is 0 Å². The molecule has 0 aliphatic heterocycles. The van der Waals surface area contributed by atoms with Crippen molar-refractivity contribution in [2.45, 2.75) is 19.8 Å². The van der Waals surface area contributed by atoms with Crippen LogP contribution in [-0.4, -0.2) is 6.03 Å². The third-order valence-electron chi connectivity index (χ3n) is 3.17. The molecule has 0 atom stereocenters. The third kappa shape index (κ3) is 4.64. The lowest BCUT2D eigenvalue weighted by molar-refractivity contribution is 0.255. The molecule has 0 aliphatic rings. The number of hydrogen-bond donors (Lipinski definition) is 2. The van der Waals surface area contributed by atoms with Crippen LogP contribution in [0, 0.1) is 0 Å². The summed E-state index contributed by atoms with van der Waals surface area (Å²) in [5.74, 6) is 0.346. The zero-order chi connectivity index (χ0) is 15.9. The second kappa shape index (κ2) is 7.66. The smallest absolute Gasteiger partial charge is 0.314 e. The van der Waals surface area contributed by atoms with E-state index in [9.17, 15) is 4.79 Å². The fourth-order valence-electron chi connectivity index (χ4n) is 2.10. The van der Waals surface area contributed by atoms with Gasteiger partial charge in [0.25, 0.3) is 0 Å². The van der Waals surface area contributed by atoms with Gasteiger partial charge in [0, 0.05) is 16.9 Å². The highest BCUT2D eigenvalue weighted by atomic mass is 35.5. The Balaban J connectivity index is 1.96. The first-order chi connectivity index (χ1) is 10.6. The van der Waals surface area contributed by atoms with E-state index in [4.69, 9.17) is 11.6 Å². The molecule has 2 rings (SSSR count). The maximum atomic E-state index is 11.9. The number of anilines is 1. The molecule has 0 aliphatic carbocycles. The lowest BCUT2D eigenvalue weighted by Gasteiger charge is -2.13.